The molecule has 1 N–H and O–H groups in total. The quantitative estimate of drug-likeness (QED) is 0.909. The first-order chi connectivity index (χ1) is 7.00. The van der Waals surface area contributed by atoms with Crippen molar-refractivity contribution in [2.45, 2.75) is 33.2 Å². The van der Waals surface area contributed by atoms with E-state index in [1.807, 2.05) is 0 Å². The molecule has 0 aliphatic heterocycles. The Hall–Kier alpha value is -0.840. The molecule has 0 bridgehead atoms. The van der Waals surface area contributed by atoms with Crippen LogP contribution in [0.25, 0.3) is 0 Å². The molecule has 0 amide bonds. The second kappa shape index (κ2) is 5.30. The van der Waals surface area contributed by atoms with Crippen molar-refractivity contribution in [3.05, 3.63) is 31.5 Å². The van der Waals surface area contributed by atoms with E-state index in [9.17, 15) is 9.59 Å². The molecule has 0 aliphatic carbocycles. The van der Waals surface area contributed by atoms with E-state index in [-0.39, 0.29) is 11.2 Å². The molecular formula is C10H15BrN2O2. The van der Waals surface area contributed by atoms with Crippen molar-refractivity contribution < 1.29 is 0 Å². The SMILES string of the molecule is CC(C)CCCn1cc(Br)c(=O)[nH]c1=O. The number of halogens is 1. The van der Waals surface area contributed by atoms with Crippen LogP contribution < -0.4 is 11.2 Å². The summed E-state index contributed by atoms with van der Waals surface area (Å²) in [7, 11) is 0. The van der Waals surface area contributed by atoms with Gasteiger partial charge < -0.3 is 0 Å². The van der Waals surface area contributed by atoms with Crippen molar-refractivity contribution in [2.75, 3.05) is 0 Å². The Labute approximate surface area is 96.5 Å². The van der Waals surface area contributed by atoms with Crippen molar-refractivity contribution in [2.24, 2.45) is 5.92 Å². The maximum absolute atomic E-state index is 11.4. The van der Waals surface area contributed by atoms with E-state index in [2.05, 4.69) is 34.8 Å². The molecule has 1 rings (SSSR count). The molecule has 0 saturated heterocycles. The van der Waals surface area contributed by atoms with Gasteiger partial charge in [-0.1, -0.05) is 13.8 Å². The van der Waals surface area contributed by atoms with Crippen LogP contribution in [0, 0.1) is 5.92 Å². The lowest BCUT2D eigenvalue weighted by molar-refractivity contribution is 0.500. The van der Waals surface area contributed by atoms with Gasteiger partial charge in [0.2, 0.25) is 0 Å². The first-order valence-corrected chi connectivity index (χ1v) is 5.79. The maximum atomic E-state index is 11.4. The molecule has 0 aromatic carbocycles. The molecule has 0 saturated carbocycles. The summed E-state index contributed by atoms with van der Waals surface area (Å²) < 4.78 is 1.92. The third-order valence-corrected chi connectivity index (χ3v) is 2.71. The van der Waals surface area contributed by atoms with Gasteiger partial charge in [-0.25, -0.2) is 4.79 Å². The van der Waals surface area contributed by atoms with E-state index in [4.69, 9.17) is 0 Å². The molecule has 84 valence electrons. The highest BCUT2D eigenvalue weighted by Crippen LogP contribution is 2.05. The monoisotopic (exact) mass is 274 g/mol. The molecule has 15 heavy (non-hydrogen) atoms. The number of hydrogen-bond donors (Lipinski definition) is 1. The number of aromatic nitrogens is 2. The first kappa shape index (κ1) is 12.2. The Morgan fingerprint density at radius 2 is 2.13 bits per heavy atom. The van der Waals surface area contributed by atoms with Gasteiger partial charge in [-0.15, -0.1) is 0 Å². The highest BCUT2D eigenvalue weighted by molar-refractivity contribution is 9.10. The summed E-state index contributed by atoms with van der Waals surface area (Å²) in [6.07, 6.45) is 3.56. The molecule has 1 aromatic heterocycles. The zero-order valence-corrected chi connectivity index (χ0v) is 10.5. The summed E-state index contributed by atoms with van der Waals surface area (Å²) in [6.45, 7) is 4.93. The van der Waals surface area contributed by atoms with Crippen LogP contribution in [0.1, 0.15) is 26.7 Å². The van der Waals surface area contributed by atoms with Gasteiger partial charge in [0.05, 0.1) is 4.47 Å². The number of aromatic amines is 1. The molecule has 0 unspecified atom stereocenters. The molecular weight excluding hydrogens is 260 g/mol. The van der Waals surface area contributed by atoms with Crippen LogP contribution in [0.5, 0.6) is 0 Å². The average Bonchev–Trinajstić information content (AvgIpc) is 2.13. The number of nitrogens with one attached hydrogen (secondary N) is 1. The van der Waals surface area contributed by atoms with Crippen LogP contribution in [0.4, 0.5) is 0 Å². The third-order valence-electron chi connectivity index (χ3n) is 2.15. The fourth-order valence-electron chi connectivity index (χ4n) is 1.32. The van der Waals surface area contributed by atoms with E-state index in [0.29, 0.717) is 16.9 Å². The van der Waals surface area contributed by atoms with E-state index < -0.39 is 0 Å². The highest BCUT2D eigenvalue weighted by Gasteiger charge is 2.02. The molecule has 0 aliphatic rings. The Bertz CT molecular complexity index is 434. The summed E-state index contributed by atoms with van der Waals surface area (Å²) in [5.41, 5.74) is -0.716. The van der Waals surface area contributed by atoms with Gasteiger partial charge in [-0.05, 0) is 34.7 Å². The van der Waals surface area contributed by atoms with Gasteiger partial charge >= 0.3 is 5.69 Å². The third kappa shape index (κ3) is 3.66. The first-order valence-electron chi connectivity index (χ1n) is 5.00. The lowest BCUT2D eigenvalue weighted by Gasteiger charge is -2.06. The minimum Gasteiger partial charge on any atom is -0.299 e. The second-order valence-corrected chi connectivity index (χ2v) is 4.82. The van der Waals surface area contributed by atoms with E-state index in [1.165, 1.54) is 4.57 Å². The van der Waals surface area contributed by atoms with Gasteiger partial charge in [0.25, 0.3) is 5.56 Å². The maximum Gasteiger partial charge on any atom is 0.328 e. The number of H-pyrrole nitrogens is 1. The van der Waals surface area contributed by atoms with Crippen LogP contribution in [0.2, 0.25) is 0 Å². The fourth-order valence-corrected chi connectivity index (χ4v) is 1.66. The Kier molecular flexibility index (Phi) is 4.32. The van der Waals surface area contributed by atoms with Gasteiger partial charge in [0.1, 0.15) is 0 Å². The van der Waals surface area contributed by atoms with Crippen molar-refractivity contribution in [3.8, 4) is 0 Å². The smallest absolute Gasteiger partial charge is 0.299 e. The van der Waals surface area contributed by atoms with Crippen molar-refractivity contribution in [1.29, 1.82) is 0 Å². The Morgan fingerprint density at radius 1 is 1.47 bits per heavy atom. The van der Waals surface area contributed by atoms with E-state index in [0.717, 1.165) is 12.8 Å². The molecule has 1 aromatic rings. The van der Waals surface area contributed by atoms with Crippen molar-refractivity contribution in [1.82, 2.24) is 9.55 Å². The van der Waals surface area contributed by atoms with Gasteiger partial charge in [-0.2, -0.15) is 0 Å². The molecule has 0 fully saturated rings. The minimum atomic E-state index is -0.375. The summed E-state index contributed by atoms with van der Waals surface area (Å²) in [5, 5.41) is 0. The minimum absolute atomic E-state index is 0.341. The Morgan fingerprint density at radius 3 is 2.73 bits per heavy atom. The zero-order valence-electron chi connectivity index (χ0n) is 8.92. The predicted octanol–water partition coefficient (Wildman–Crippen LogP) is 1.74. The van der Waals surface area contributed by atoms with Crippen LogP contribution in [-0.2, 0) is 6.54 Å². The summed E-state index contributed by atoms with van der Waals surface area (Å²) >= 11 is 3.10. The van der Waals surface area contributed by atoms with Crippen LogP contribution in [0.3, 0.4) is 0 Å². The molecule has 4 nitrogen and oxygen atoms in total. The number of nitrogens with zero attached hydrogens (tertiary/aromatic N) is 1. The van der Waals surface area contributed by atoms with E-state index >= 15 is 0 Å². The van der Waals surface area contributed by atoms with Crippen LogP contribution in [-0.4, -0.2) is 9.55 Å². The summed E-state index contributed by atoms with van der Waals surface area (Å²) in [6, 6.07) is 0. The standard InChI is InChI=1S/C10H15BrN2O2/c1-7(2)4-3-5-13-6-8(11)9(14)12-10(13)15/h6-7H,3-5H2,1-2H3,(H,12,14,15). The molecule has 0 spiro atoms. The van der Waals surface area contributed by atoms with Gasteiger partial charge in [0, 0.05) is 12.7 Å². The lowest BCUT2D eigenvalue weighted by atomic mass is 10.1. The zero-order chi connectivity index (χ0) is 11.4. The summed E-state index contributed by atoms with van der Waals surface area (Å²) in [4.78, 5) is 24.7. The molecule has 5 heteroatoms. The number of hydrogen-bond acceptors (Lipinski definition) is 2. The van der Waals surface area contributed by atoms with Crippen molar-refractivity contribution in [3.63, 3.8) is 0 Å². The molecule has 0 atom stereocenters. The van der Waals surface area contributed by atoms with Crippen LogP contribution >= 0.6 is 15.9 Å². The number of aryl methyl sites for hydroxylation is 1. The topological polar surface area (TPSA) is 54.9 Å². The van der Waals surface area contributed by atoms with Gasteiger partial charge in [0.15, 0.2) is 0 Å². The highest BCUT2D eigenvalue weighted by atomic mass is 79.9. The lowest BCUT2D eigenvalue weighted by Crippen LogP contribution is -2.29. The fraction of sp³-hybridized carbons (Fsp3) is 0.600. The largest absolute Gasteiger partial charge is 0.328 e. The predicted molar refractivity (Wildman–Crippen MR) is 63.1 cm³/mol. The molecule has 1 heterocycles. The second-order valence-electron chi connectivity index (χ2n) is 3.97. The van der Waals surface area contributed by atoms with Crippen LogP contribution in [0.15, 0.2) is 20.3 Å². The normalized spacial score (nSPS) is 10.9. The summed E-state index contributed by atoms with van der Waals surface area (Å²) in [5.74, 6) is 0.631. The molecule has 0 radical (unpaired) electrons. The number of rotatable bonds is 4. The van der Waals surface area contributed by atoms with E-state index in [1.54, 1.807) is 6.20 Å². The van der Waals surface area contributed by atoms with Gasteiger partial charge in [-0.3, -0.25) is 14.3 Å². The Balaban J connectivity index is 2.74. The average molecular weight is 275 g/mol. The van der Waals surface area contributed by atoms with Crippen molar-refractivity contribution >= 4 is 15.9 Å².